The van der Waals surface area contributed by atoms with Crippen molar-refractivity contribution in [1.82, 2.24) is 10.2 Å². The fraction of sp³-hybridized carbons (Fsp3) is 0.0833. The van der Waals surface area contributed by atoms with E-state index >= 15 is 0 Å². The van der Waals surface area contributed by atoms with E-state index in [9.17, 15) is 4.39 Å². The first kappa shape index (κ1) is 11.0. The smallest absolute Gasteiger partial charge is 0.166 e. The van der Waals surface area contributed by atoms with Crippen LogP contribution in [0.2, 0.25) is 0 Å². The third-order valence-corrected chi connectivity index (χ3v) is 2.19. The van der Waals surface area contributed by atoms with Crippen molar-refractivity contribution in [3.05, 3.63) is 53.5 Å². The summed E-state index contributed by atoms with van der Waals surface area (Å²) < 4.78 is 12.9. The van der Waals surface area contributed by atoms with Crippen LogP contribution >= 0.6 is 0 Å². The number of hydrogen-bond acceptors (Lipinski definition) is 4. The topological polar surface area (TPSA) is 61.6 Å². The molecule has 5 heteroatoms. The van der Waals surface area contributed by atoms with Gasteiger partial charge in [-0.05, 0) is 23.8 Å². The lowest BCUT2D eigenvalue weighted by Gasteiger charge is -2.05. The summed E-state index contributed by atoms with van der Waals surface area (Å²) in [7, 11) is 0. The highest BCUT2D eigenvalue weighted by molar-refractivity contribution is 5.50. The van der Waals surface area contributed by atoms with Crippen LogP contribution in [0.4, 0.5) is 10.2 Å². The second kappa shape index (κ2) is 5.03. The average Bonchev–Trinajstić information content (AvgIpc) is 2.37. The Balaban J connectivity index is 2.10. The Morgan fingerprint density at radius 3 is 3.00 bits per heavy atom. The van der Waals surface area contributed by atoms with Crippen LogP contribution in [0, 0.1) is 17.1 Å². The van der Waals surface area contributed by atoms with Gasteiger partial charge in [0.05, 0.1) is 11.8 Å². The van der Waals surface area contributed by atoms with Crippen molar-refractivity contribution in [2.24, 2.45) is 0 Å². The highest BCUT2D eigenvalue weighted by Gasteiger charge is 2.02. The number of aromatic nitrogens is 2. The minimum absolute atomic E-state index is 0.288. The predicted octanol–water partition coefficient (Wildman–Crippen LogP) is 2.10. The number of nitrogens with zero attached hydrogens (tertiary/aromatic N) is 3. The van der Waals surface area contributed by atoms with E-state index in [1.807, 2.05) is 6.07 Å². The number of nitrogens with one attached hydrogen (secondary N) is 1. The van der Waals surface area contributed by atoms with Crippen LogP contribution in [-0.2, 0) is 6.54 Å². The predicted molar refractivity (Wildman–Crippen MR) is 60.5 cm³/mol. The van der Waals surface area contributed by atoms with Crippen LogP contribution in [0.1, 0.15) is 11.1 Å². The fourth-order valence-corrected chi connectivity index (χ4v) is 1.39. The third kappa shape index (κ3) is 2.75. The molecule has 0 aliphatic heterocycles. The maximum absolute atomic E-state index is 12.9. The Hall–Kier alpha value is -2.48. The Bertz CT molecular complexity index is 562. The Morgan fingerprint density at radius 2 is 2.24 bits per heavy atom. The van der Waals surface area contributed by atoms with E-state index in [1.54, 1.807) is 18.2 Å². The molecule has 0 amide bonds. The Labute approximate surface area is 97.7 Å². The van der Waals surface area contributed by atoms with Gasteiger partial charge in [0.25, 0.3) is 0 Å². The zero-order chi connectivity index (χ0) is 12.1. The summed E-state index contributed by atoms with van der Waals surface area (Å²) in [5, 5.41) is 19.3. The molecule has 0 saturated carbocycles. The number of anilines is 1. The summed E-state index contributed by atoms with van der Waals surface area (Å²) in [6.07, 6.45) is 1.45. The SMILES string of the molecule is N#Cc1ccnnc1NCc1cccc(F)c1. The van der Waals surface area contributed by atoms with Gasteiger partial charge in [0.2, 0.25) is 0 Å². The quantitative estimate of drug-likeness (QED) is 0.873. The summed E-state index contributed by atoms with van der Waals surface area (Å²) >= 11 is 0. The summed E-state index contributed by atoms with van der Waals surface area (Å²) in [4.78, 5) is 0. The fourth-order valence-electron chi connectivity index (χ4n) is 1.39. The van der Waals surface area contributed by atoms with Crippen molar-refractivity contribution >= 4 is 5.82 Å². The van der Waals surface area contributed by atoms with Crippen molar-refractivity contribution in [3.8, 4) is 6.07 Å². The summed E-state index contributed by atoms with van der Waals surface area (Å²) in [6, 6.07) is 9.81. The second-order valence-corrected chi connectivity index (χ2v) is 3.39. The largest absolute Gasteiger partial charge is 0.363 e. The Kier molecular flexibility index (Phi) is 3.26. The van der Waals surface area contributed by atoms with Crippen molar-refractivity contribution in [1.29, 1.82) is 5.26 Å². The van der Waals surface area contributed by atoms with Crippen molar-refractivity contribution in [3.63, 3.8) is 0 Å². The molecule has 2 aromatic rings. The minimum atomic E-state index is -0.288. The van der Waals surface area contributed by atoms with E-state index < -0.39 is 0 Å². The summed E-state index contributed by atoms with van der Waals surface area (Å²) in [5.74, 6) is 0.114. The maximum Gasteiger partial charge on any atom is 0.166 e. The van der Waals surface area contributed by atoms with Crippen LogP contribution < -0.4 is 5.32 Å². The molecule has 0 fully saturated rings. The van der Waals surface area contributed by atoms with Gasteiger partial charge < -0.3 is 5.32 Å². The standard InChI is InChI=1S/C12H9FN4/c13-11-3-1-2-9(6-11)8-15-12-10(7-14)4-5-16-17-12/h1-6H,8H2,(H,15,17). The molecule has 84 valence electrons. The highest BCUT2D eigenvalue weighted by atomic mass is 19.1. The van der Waals surface area contributed by atoms with Gasteiger partial charge >= 0.3 is 0 Å². The molecule has 2 rings (SSSR count). The Morgan fingerprint density at radius 1 is 1.35 bits per heavy atom. The first-order valence-electron chi connectivity index (χ1n) is 4.99. The van der Waals surface area contributed by atoms with E-state index in [1.165, 1.54) is 18.3 Å². The molecule has 0 saturated heterocycles. The number of benzene rings is 1. The van der Waals surface area contributed by atoms with Gasteiger partial charge in [-0.2, -0.15) is 10.4 Å². The number of rotatable bonds is 3. The van der Waals surface area contributed by atoms with E-state index in [2.05, 4.69) is 15.5 Å². The molecule has 0 aliphatic rings. The van der Waals surface area contributed by atoms with Gasteiger partial charge in [-0.3, -0.25) is 0 Å². The van der Waals surface area contributed by atoms with E-state index in [0.717, 1.165) is 5.56 Å². The maximum atomic E-state index is 12.9. The lowest BCUT2D eigenvalue weighted by Crippen LogP contribution is -2.04. The van der Waals surface area contributed by atoms with Crippen LogP contribution in [0.3, 0.4) is 0 Å². The van der Waals surface area contributed by atoms with Crippen molar-refractivity contribution < 1.29 is 4.39 Å². The van der Waals surface area contributed by atoms with E-state index in [4.69, 9.17) is 5.26 Å². The average molecular weight is 228 g/mol. The summed E-state index contributed by atoms with van der Waals surface area (Å²) in [6.45, 7) is 0.394. The first-order valence-corrected chi connectivity index (χ1v) is 4.99. The molecule has 0 unspecified atom stereocenters. The van der Waals surface area contributed by atoms with E-state index in [-0.39, 0.29) is 5.82 Å². The molecule has 1 aromatic carbocycles. The second-order valence-electron chi connectivity index (χ2n) is 3.39. The molecule has 17 heavy (non-hydrogen) atoms. The lowest BCUT2D eigenvalue weighted by molar-refractivity contribution is 0.626. The molecule has 0 radical (unpaired) electrons. The first-order chi connectivity index (χ1) is 8.29. The molecule has 1 aromatic heterocycles. The van der Waals surface area contributed by atoms with Crippen LogP contribution in [0.5, 0.6) is 0 Å². The van der Waals surface area contributed by atoms with E-state index in [0.29, 0.717) is 17.9 Å². The molecule has 0 spiro atoms. The van der Waals surface area contributed by atoms with Crippen LogP contribution in [0.25, 0.3) is 0 Å². The van der Waals surface area contributed by atoms with Crippen LogP contribution in [0.15, 0.2) is 36.5 Å². The zero-order valence-electron chi connectivity index (χ0n) is 8.89. The van der Waals surface area contributed by atoms with Gasteiger partial charge in [0.1, 0.15) is 11.9 Å². The zero-order valence-corrected chi connectivity index (χ0v) is 8.89. The monoisotopic (exact) mass is 228 g/mol. The number of halogens is 1. The molecule has 1 N–H and O–H groups in total. The van der Waals surface area contributed by atoms with Gasteiger partial charge in [0, 0.05) is 6.54 Å². The molecular formula is C12H9FN4. The molecule has 0 atom stereocenters. The van der Waals surface area contributed by atoms with Gasteiger partial charge in [-0.25, -0.2) is 4.39 Å². The van der Waals surface area contributed by atoms with Crippen LogP contribution in [-0.4, -0.2) is 10.2 Å². The molecular weight excluding hydrogens is 219 g/mol. The van der Waals surface area contributed by atoms with Gasteiger partial charge in [-0.15, -0.1) is 5.10 Å². The molecule has 0 bridgehead atoms. The normalized spacial score (nSPS) is 9.65. The van der Waals surface area contributed by atoms with Gasteiger partial charge in [0.15, 0.2) is 5.82 Å². The molecule has 0 aliphatic carbocycles. The van der Waals surface area contributed by atoms with Crippen molar-refractivity contribution in [2.75, 3.05) is 5.32 Å². The lowest BCUT2D eigenvalue weighted by atomic mass is 10.2. The third-order valence-electron chi connectivity index (χ3n) is 2.19. The number of hydrogen-bond donors (Lipinski definition) is 1. The molecule has 4 nitrogen and oxygen atoms in total. The van der Waals surface area contributed by atoms with Crippen molar-refractivity contribution in [2.45, 2.75) is 6.54 Å². The minimum Gasteiger partial charge on any atom is -0.363 e. The molecule has 1 heterocycles. The number of nitriles is 1. The summed E-state index contributed by atoms with van der Waals surface area (Å²) in [5.41, 5.74) is 1.19. The van der Waals surface area contributed by atoms with Gasteiger partial charge in [-0.1, -0.05) is 12.1 Å². The highest BCUT2D eigenvalue weighted by Crippen LogP contribution is 2.11.